The van der Waals surface area contributed by atoms with E-state index in [2.05, 4.69) is 15.6 Å². The van der Waals surface area contributed by atoms with E-state index in [1.54, 1.807) is 12.4 Å². The van der Waals surface area contributed by atoms with Crippen LogP contribution in [0.4, 0.5) is 4.79 Å². The summed E-state index contributed by atoms with van der Waals surface area (Å²) in [5.74, 6) is -0.416. The van der Waals surface area contributed by atoms with E-state index in [4.69, 9.17) is 0 Å². The zero-order chi connectivity index (χ0) is 19.1. The molecule has 1 atom stereocenters. The number of carbonyl (C=O) groups is 3. The zero-order valence-electron chi connectivity index (χ0n) is 14.9. The number of rotatable bonds is 8. The Morgan fingerprint density at radius 3 is 2.56 bits per heavy atom. The number of nitrogens with zero attached hydrogens (tertiary/aromatic N) is 2. The molecule has 4 amide bonds. The van der Waals surface area contributed by atoms with Gasteiger partial charge in [0.25, 0.3) is 5.91 Å². The van der Waals surface area contributed by atoms with Crippen LogP contribution in [0.5, 0.6) is 0 Å². The highest BCUT2D eigenvalue weighted by molar-refractivity contribution is 6.04. The Labute approximate surface area is 157 Å². The summed E-state index contributed by atoms with van der Waals surface area (Å²) in [5, 5.41) is 5.50. The fourth-order valence-electron chi connectivity index (χ4n) is 2.95. The molecule has 0 saturated carbocycles. The number of carbonyl (C=O) groups excluding carboxylic acids is 3. The summed E-state index contributed by atoms with van der Waals surface area (Å²) in [6.07, 6.45) is 4.63. The van der Waals surface area contributed by atoms with Gasteiger partial charge in [0, 0.05) is 25.4 Å². The second-order valence-electron chi connectivity index (χ2n) is 6.41. The molecule has 7 nitrogen and oxygen atoms in total. The molecule has 0 bridgehead atoms. The van der Waals surface area contributed by atoms with Crippen LogP contribution in [0.1, 0.15) is 24.0 Å². The topological polar surface area (TPSA) is 91.4 Å². The predicted octanol–water partition coefficient (Wildman–Crippen LogP) is 1.64. The van der Waals surface area contributed by atoms with Crippen LogP contribution < -0.4 is 10.6 Å². The lowest BCUT2D eigenvalue weighted by Crippen LogP contribution is -2.33. The summed E-state index contributed by atoms with van der Waals surface area (Å²) in [7, 11) is 0. The lowest BCUT2D eigenvalue weighted by atomic mass is 10.1. The highest BCUT2D eigenvalue weighted by Crippen LogP contribution is 2.15. The van der Waals surface area contributed by atoms with E-state index in [9.17, 15) is 14.4 Å². The molecule has 0 radical (unpaired) electrons. The fraction of sp³-hybridized carbons (Fsp3) is 0.300. The van der Waals surface area contributed by atoms with Crippen molar-refractivity contribution in [3.8, 4) is 0 Å². The molecule has 1 aromatic carbocycles. The number of nitrogens with one attached hydrogen (secondary N) is 2. The maximum atomic E-state index is 12.4. The van der Waals surface area contributed by atoms with Gasteiger partial charge in [-0.05, 0) is 36.1 Å². The second kappa shape index (κ2) is 8.93. The van der Waals surface area contributed by atoms with Gasteiger partial charge in [-0.25, -0.2) is 4.79 Å². The Morgan fingerprint density at radius 1 is 1.07 bits per heavy atom. The molecule has 1 aliphatic rings. The lowest BCUT2D eigenvalue weighted by molar-refractivity contribution is -0.128. The molecule has 0 spiro atoms. The van der Waals surface area contributed by atoms with Crippen LogP contribution in [0, 0.1) is 0 Å². The number of amides is 4. The molecule has 1 aliphatic heterocycles. The zero-order valence-corrected chi connectivity index (χ0v) is 14.9. The maximum Gasteiger partial charge on any atom is 0.325 e. The number of hydrogen-bond donors (Lipinski definition) is 2. The van der Waals surface area contributed by atoms with Gasteiger partial charge in [-0.15, -0.1) is 0 Å². The number of urea groups is 1. The summed E-state index contributed by atoms with van der Waals surface area (Å²) in [6.45, 7) is 0.758. The smallest absolute Gasteiger partial charge is 0.325 e. The first kappa shape index (κ1) is 18.6. The molecule has 1 fully saturated rings. The third kappa shape index (κ3) is 5.13. The normalized spacial score (nSPS) is 16.3. The van der Waals surface area contributed by atoms with E-state index in [1.165, 1.54) is 4.90 Å². The van der Waals surface area contributed by atoms with E-state index in [0.717, 1.165) is 17.5 Å². The van der Waals surface area contributed by atoms with Crippen molar-refractivity contribution >= 4 is 17.8 Å². The molecule has 7 heteroatoms. The van der Waals surface area contributed by atoms with Crippen molar-refractivity contribution in [3.63, 3.8) is 0 Å². The first-order chi connectivity index (χ1) is 13.1. The third-order valence-corrected chi connectivity index (χ3v) is 4.44. The standard InChI is InChI=1S/C20H22N4O3/c25-18(22-13-10-15-8-11-21-12-9-15)7-6-17-19(26)24(20(27)23-17)14-16-4-2-1-3-5-16/h1-5,8-9,11-12,17H,6-7,10,13-14H2,(H,22,25)(H,23,27)/t17-/m0/s1. The Morgan fingerprint density at radius 2 is 1.81 bits per heavy atom. The summed E-state index contributed by atoms with van der Waals surface area (Å²) >= 11 is 0. The number of hydrogen-bond acceptors (Lipinski definition) is 4. The van der Waals surface area contributed by atoms with E-state index in [-0.39, 0.29) is 31.2 Å². The Balaban J connectivity index is 1.42. The molecule has 0 unspecified atom stereocenters. The minimum atomic E-state index is -0.646. The van der Waals surface area contributed by atoms with Gasteiger partial charge in [0.1, 0.15) is 6.04 Å². The molecule has 0 aliphatic carbocycles. The molecule has 2 aromatic rings. The van der Waals surface area contributed by atoms with Crippen LogP contribution in [-0.2, 0) is 22.6 Å². The van der Waals surface area contributed by atoms with Crippen LogP contribution in [0.2, 0.25) is 0 Å². The highest BCUT2D eigenvalue weighted by atomic mass is 16.2. The van der Waals surface area contributed by atoms with E-state index in [0.29, 0.717) is 6.54 Å². The number of aromatic nitrogens is 1. The molecule has 1 aromatic heterocycles. The average molecular weight is 366 g/mol. The SMILES string of the molecule is O=C(CC[C@@H]1NC(=O)N(Cc2ccccc2)C1=O)NCCc1ccncc1. The van der Waals surface area contributed by atoms with Crippen molar-refractivity contribution in [3.05, 3.63) is 66.0 Å². The van der Waals surface area contributed by atoms with Gasteiger partial charge in [-0.1, -0.05) is 30.3 Å². The van der Waals surface area contributed by atoms with Gasteiger partial charge >= 0.3 is 6.03 Å². The molecule has 27 heavy (non-hydrogen) atoms. The van der Waals surface area contributed by atoms with Crippen LogP contribution in [0.15, 0.2) is 54.9 Å². The van der Waals surface area contributed by atoms with Crippen molar-refractivity contribution in [2.24, 2.45) is 0 Å². The largest absolute Gasteiger partial charge is 0.356 e. The molecular weight excluding hydrogens is 344 g/mol. The first-order valence-electron chi connectivity index (χ1n) is 8.95. The van der Waals surface area contributed by atoms with Gasteiger partial charge in [0.15, 0.2) is 0 Å². The highest BCUT2D eigenvalue weighted by Gasteiger charge is 2.37. The molecule has 2 heterocycles. The molecular formula is C20H22N4O3. The van der Waals surface area contributed by atoms with Gasteiger partial charge in [-0.3, -0.25) is 19.5 Å². The van der Waals surface area contributed by atoms with Crippen LogP contribution >= 0.6 is 0 Å². The maximum absolute atomic E-state index is 12.4. The molecule has 2 N–H and O–H groups in total. The van der Waals surface area contributed by atoms with E-state index < -0.39 is 12.1 Å². The van der Waals surface area contributed by atoms with Crippen molar-refractivity contribution < 1.29 is 14.4 Å². The summed E-state index contributed by atoms with van der Waals surface area (Å²) < 4.78 is 0. The van der Waals surface area contributed by atoms with Gasteiger partial charge in [0.05, 0.1) is 6.54 Å². The lowest BCUT2D eigenvalue weighted by Gasteiger charge is -2.13. The monoisotopic (exact) mass is 366 g/mol. The summed E-state index contributed by atoms with van der Waals surface area (Å²) in [5.41, 5.74) is 1.98. The van der Waals surface area contributed by atoms with Crippen molar-refractivity contribution in [2.45, 2.75) is 31.8 Å². The van der Waals surface area contributed by atoms with Crippen LogP contribution in [0.3, 0.4) is 0 Å². The Bertz CT molecular complexity index is 795. The van der Waals surface area contributed by atoms with Gasteiger partial charge < -0.3 is 10.6 Å². The van der Waals surface area contributed by atoms with Crippen molar-refractivity contribution in [2.75, 3.05) is 6.54 Å². The van der Waals surface area contributed by atoms with Crippen molar-refractivity contribution in [1.82, 2.24) is 20.5 Å². The van der Waals surface area contributed by atoms with Crippen molar-refractivity contribution in [1.29, 1.82) is 0 Å². The Hall–Kier alpha value is -3.22. The van der Waals surface area contributed by atoms with E-state index >= 15 is 0 Å². The van der Waals surface area contributed by atoms with Crippen LogP contribution in [0.25, 0.3) is 0 Å². The fourth-order valence-corrected chi connectivity index (χ4v) is 2.95. The average Bonchev–Trinajstić information content (AvgIpc) is 2.95. The summed E-state index contributed by atoms with van der Waals surface area (Å²) in [6, 6.07) is 12.1. The number of benzene rings is 1. The minimum Gasteiger partial charge on any atom is -0.356 e. The quantitative estimate of drug-likeness (QED) is 0.695. The second-order valence-corrected chi connectivity index (χ2v) is 6.41. The van der Waals surface area contributed by atoms with E-state index in [1.807, 2.05) is 42.5 Å². The van der Waals surface area contributed by atoms with Crippen LogP contribution in [-0.4, -0.2) is 40.3 Å². The first-order valence-corrected chi connectivity index (χ1v) is 8.95. The summed E-state index contributed by atoms with van der Waals surface area (Å²) in [4.78, 5) is 41.6. The minimum absolute atomic E-state index is 0.132. The number of pyridine rings is 1. The molecule has 3 rings (SSSR count). The third-order valence-electron chi connectivity index (χ3n) is 4.44. The Kier molecular flexibility index (Phi) is 6.14. The number of imide groups is 1. The predicted molar refractivity (Wildman–Crippen MR) is 99.5 cm³/mol. The molecule has 1 saturated heterocycles. The molecule has 140 valence electrons. The van der Waals surface area contributed by atoms with Gasteiger partial charge in [0.2, 0.25) is 5.91 Å². The van der Waals surface area contributed by atoms with Gasteiger partial charge in [-0.2, -0.15) is 0 Å².